The maximum absolute atomic E-state index is 5.50. The minimum atomic E-state index is 0.528. The maximum atomic E-state index is 5.50. The lowest BCUT2D eigenvalue weighted by atomic mass is 10.2. The number of hydrogen-bond donors (Lipinski definition) is 5. The number of nitrogens with two attached hydrogens (primary N) is 1. The van der Waals surface area contributed by atoms with Crippen LogP contribution in [0.25, 0.3) is 0 Å². The summed E-state index contributed by atoms with van der Waals surface area (Å²) in [5.41, 5.74) is 6.67. The average molecular weight is 333 g/mol. The predicted octanol–water partition coefficient (Wildman–Crippen LogP) is 1.59. The van der Waals surface area contributed by atoms with Crippen LogP contribution in [-0.4, -0.2) is 40.3 Å². The first-order chi connectivity index (χ1) is 11.3. The van der Waals surface area contributed by atoms with E-state index in [9.17, 15) is 0 Å². The smallest absolute Gasteiger partial charge is 0.229 e. The fourth-order valence-electron chi connectivity index (χ4n) is 1.86. The van der Waals surface area contributed by atoms with E-state index >= 15 is 0 Å². The lowest BCUT2D eigenvalue weighted by molar-refractivity contribution is 0.859. The lowest BCUT2D eigenvalue weighted by Gasteiger charge is -2.11. The highest BCUT2D eigenvalue weighted by Gasteiger charge is 2.06. The first-order valence-corrected chi connectivity index (χ1v) is 8.27. The molecule has 0 bridgehead atoms. The summed E-state index contributed by atoms with van der Waals surface area (Å²) in [6.45, 7) is 2.69. The predicted molar refractivity (Wildman–Crippen MR) is 98.1 cm³/mol. The Balaban J connectivity index is 2.04. The van der Waals surface area contributed by atoms with Crippen LogP contribution in [0.4, 0.5) is 17.8 Å². The number of aromatic nitrogens is 3. The molecule has 0 radical (unpaired) electrons. The van der Waals surface area contributed by atoms with Crippen LogP contribution in [-0.2, 0) is 6.54 Å². The van der Waals surface area contributed by atoms with Gasteiger partial charge in [0.25, 0.3) is 0 Å². The van der Waals surface area contributed by atoms with E-state index in [1.54, 1.807) is 0 Å². The van der Waals surface area contributed by atoms with Gasteiger partial charge in [-0.2, -0.15) is 27.6 Å². The van der Waals surface area contributed by atoms with Crippen molar-refractivity contribution in [2.24, 2.45) is 5.73 Å². The monoisotopic (exact) mass is 333 g/mol. The third kappa shape index (κ3) is 6.29. The molecule has 1 heterocycles. The molecule has 2 rings (SSSR count). The highest BCUT2D eigenvalue weighted by Crippen LogP contribution is 2.11. The van der Waals surface area contributed by atoms with Crippen LogP contribution in [0.15, 0.2) is 30.3 Å². The minimum absolute atomic E-state index is 0.528. The summed E-state index contributed by atoms with van der Waals surface area (Å²) in [4.78, 5) is 13.1. The number of benzene rings is 1. The average Bonchev–Trinajstić information content (AvgIpc) is 2.59. The van der Waals surface area contributed by atoms with Crippen molar-refractivity contribution >= 4 is 30.5 Å². The summed E-state index contributed by atoms with van der Waals surface area (Å²) >= 11 is 4.18. The highest BCUT2D eigenvalue weighted by atomic mass is 32.1. The molecule has 0 fully saturated rings. The van der Waals surface area contributed by atoms with E-state index < -0.39 is 0 Å². The van der Waals surface area contributed by atoms with E-state index in [1.807, 2.05) is 18.2 Å². The zero-order chi connectivity index (χ0) is 16.3. The molecule has 0 atom stereocenters. The lowest BCUT2D eigenvalue weighted by Crippen LogP contribution is -2.15. The van der Waals surface area contributed by atoms with Gasteiger partial charge >= 0.3 is 0 Å². The minimum Gasteiger partial charge on any atom is -0.354 e. The molecule has 23 heavy (non-hydrogen) atoms. The molecule has 0 unspecified atom stereocenters. The van der Waals surface area contributed by atoms with Crippen molar-refractivity contribution in [3.05, 3.63) is 35.9 Å². The van der Waals surface area contributed by atoms with Gasteiger partial charge in [0.2, 0.25) is 17.8 Å². The Hall–Kier alpha value is -2.06. The molecule has 7 nitrogen and oxygen atoms in total. The second kappa shape index (κ2) is 9.86. The van der Waals surface area contributed by atoms with Crippen LogP contribution in [0, 0.1) is 0 Å². The molecule has 1 aromatic heterocycles. The fourth-order valence-corrected chi connectivity index (χ4v) is 1.97. The molecule has 124 valence electrons. The molecular weight excluding hydrogens is 310 g/mol. The molecule has 0 spiro atoms. The SMILES string of the molecule is NCCCNc1nc(NCCS)nc(NCc2ccccc2)n1. The number of nitrogens with one attached hydrogen (secondary N) is 3. The van der Waals surface area contributed by atoms with Gasteiger partial charge in [-0.15, -0.1) is 0 Å². The Morgan fingerprint density at radius 3 is 2.09 bits per heavy atom. The summed E-state index contributed by atoms with van der Waals surface area (Å²) in [5, 5.41) is 9.50. The van der Waals surface area contributed by atoms with Crippen molar-refractivity contribution in [2.45, 2.75) is 13.0 Å². The van der Waals surface area contributed by atoms with Gasteiger partial charge in [-0.25, -0.2) is 0 Å². The Morgan fingerprint density at radius 2 is 1.48 bits per heavy atom. The van der Waals surface area contributed by atoms with Gasteiger partial charge in [-0.3, -0.25) is 0 Å². The standard InChI is InChI=1S/C15H23N7S/c16-7-4-8-17-13-20-14(18-9-10-23)22-15(21-13)19-11-12-5-2-1-3-6-12/h1-3,5-6,23H,4,7-11,16H2,(H3,17,18,19,20,21,22). The van der Waals surface area contributed by atoms with Gasteiger partial charge in [0.05, 0.1) is 0 Å². The zero-order valence-corrected chi connectivity index (χ0v) is 13.9. The van der Waals surface area contributed by atoms with Crippen LogP contribution in [0.1, 0.15) is 12.0 Å². The van der Waals surface area contributed by atoms with Crippen molar-refractivity contribution in [2.75, 3.05) is 41.3 Å². The quantitative estimate of drug-likeness (QED) is 0.332. The second-order valence-corrected chi connectivity index (χ2v) is 5.31. The number of rotatable bonds is 10. The number of nitrogens with zero attached hydrogens (tertiary/aromatic N) is 3. The molecular formula is C15H23N7S. The van der Waals surface area contributed by atoms with Crippen LogP contribution < -0.4 is 21.7 Å². The third-order valence-corrected chi connectivity index (χ3v) is 3.21. The van der Waals surface area contributed by atoms with Crippen LogP contribution in [0.2, 0.25) is 0 Å². The Bertz CT molecular complexity index is 579. The van der Waals surface area contributed by atoms with Gasteiger partial charge in [0, 0.05) is 25.4 Å². The number of thiol groups is 1. The van der Waals surface area contributed by atoms with Crippen molar-refractivity contribution < 1.29 is 0 Å². The molecule has 0 saturated carbocycles. The summed E-state index contributed by atoms with van der Waals surface area (Å²) < 4.78 is 0. The summed E-state index contributed by atoms with van der Waals surface area (Å²) in [6, 6.07) is 10.1. The van der Waals surface area contributed by atoms with E-state index in [2.05, 4.69) is 55.7 Å². The van der Waals surface area contributed by atoms with Crippen LogP contribution >= 0.6 is 12.6 Å². The number of hydrogen-bond acceptors (Lipinski definition) is 8. The topological polar surface area (TPSA) is 101 Å². The fraction of sp³-hybridized carbons (Fsp3) is 0.400. The molecule has 8 heteroatoms. The molecule has 5 N–H and O–H groups in total. The van der Waals surface area contributed by atoms with Crippen molar-refractivity contribution in [3.8, 4) is 0 Å². The van der Waals surface area contributed by atoms with Crippen molar-refractivity contribution in [1.82, 2.24) is 15.0 Å². The van der Waals surface area contributed by atoms with E-state index in [0.717, 1.165) is 18.5 Å². The summed E-state index contributed by atoms with van der Waals surface area (Å²) in [6.07, 6.45) is 0.859. The second-order valence-electron chi connectivity index (χ2n) is 4.86. The number of anilines is 3. The largest absolute Gasteiger partial charge is 0.354 e. The molecule has 0 amide bonds. The highest BCUT2D eigenvalue weighted by molar-refractivity contribution is 7.80. The van der Waals surface area contributed by atoms with Crippen molar-refractivity contribution in [1.29, 1.82) is 0 Å². The molecule has 0 aliphatic rings. The van der Waals surface area contributed by atoms with Gasteiger partial charge in [-0.1, -0.05) is 30.3 Å². The molecule has 0 saturated heterocycles. The Kier molecular flexibility index (Phi) is 7.41. The van der Waals surface area contributed by atoms with Gasteiger partial charge < -0.3 is 21.7 Å². The summed E-state index contributed by atoms with van der Waals surface area (Å²) in [7, 11) is 0. The molecule has 1 aromatic carbocycles. The maximum Gasteiger partial charge on any atom is 0.229 e. The van der Waals surface area contributed by atoms with E-state index in [1.165, 1.54) is 0 Å². The van der Waals surface area contributed by atoms with E-state index in [-0.39, 0.29) is 0 Å². The third-order valence-electron chi connectivity index (χ3n) is 2.99. The molecule has 0 aliphatic heterocycles. The van der Waals surface area contributed by atoms with E-state index in [0.29, 0.717) is 43.2 Å². The first-order valence-electron chi connectivity index (χ1n) is 7.64. The Morgan fingerprint density at radius 1 is 0.870 bits per heavy atom. The van der Waals surface area contributed by atoms with E-state index in [4.69, 9.17) is 5.73 Å². The van der Waals surface area contributed by atoms with Crippen LogP contribution in [0.5, 0.6) is 0 Å². The normalized spacial score (nSPS) is 10.3. The van der Waals surface area contributed by atoms with Gasteiger partial charge in [0.15, 0.2) is 0 Å². The van der Waals surface area contributed by atoms with Gasteiger partial charge in [-0.05, 0) is 18.5 Å². The zero-order valence-electron chi connectivity index (χ0n) is 13.0. The van der Waals surface area contributed by atoms with Gasteiger partial charge in [0.1, 0.15) is 0 Å². The van der Waals surface area contributed by atoms with Crippen LogP contribution in [0.3, 0.4) is 0 Å². The van der Waals surface area contributed by atoms with Crippen molar-refractivity contribution in [3.63, 3.8) is 0 Å². The molecule has 2 aromatic rings. The summed E-state index contributed by atoms with van der Waals surface area (Å²) in [5.74, 6) is 2.29. The first kappa shape index (κ1) is 17.3. The Labute approximate surface area is 141 Å². The molecule has 0 aliphatic carbocycles.